The van der Waals surface area contributed by atoms with E-state index in [1.54, 1.807) is 11.3 Å². The fourth-order valence-corrected chi connectivity index (χ4v) is 4.21. The van der Waals surface area contributed by atoms with Crippen molar-refractivity contribution in [2.24, 2.45) is 11.8 Å². The summed E-state index contributed by atoms with van der Waals surface area (Å²) in [6.07, 6.45) is 7.15. The minimum absolute atomic E-state index is 0.671. The molecule has 2 heterocycles. The second-order valence-corrected chi connectivity index (χ2v) is 6.59. The average molecular weight is 295 g/mol. The van der Waals surface area contributed by atoms with Crippen molar-refractivity contribution >= 4 is 38.8 Å². The van der Waals surface area contributed by atoms with E-state index in [0.717, 1.165) is 18.2 Å². The van der Waals surface area contributed by atoms with Crippen LogP contribution in [0.3, 0.4) is 0 Å². The average Bonchev–Trinajstić information content (AvgIpc) is 2.94. The van der Waals surface area contributed by atoms with E-state index in [2.05, 4.69) is 27.8 Å². The smallest absolute Gasteiger partial charge is 0.134 e. The molecule has 0 aromatic carbocycles. The van der Waals surface area contributed by atoms with Gasteiger partial charge in [0, 0.05) is 28.7 Å². The van der Waals surface area contributed by atoms with Gasteiger partial charge in [-0.3, -0.25) is 0 Å². The molecule has 2 unspecified atom stereocenters. The van der Waals surface area contributed by atoms with Gasteiger partial charge in [-0.05, 0) is 42.2 Å². The Balaban J connectivity index is 1.69. The molecule has 1 aliphatic rings. The molecule has 4 heteroatoms. The number of alkyl halides is 1. The van der Waals surface area contributed by atoms with Gasteiger partial charge >= 0.3 is 0 Å². The lowest BCUT2D eigenvalue weighted by molar-refractivity contribution is 0.272. The van der Waals surface area contributed by atoms with Crippen molar-refractivity contribution in [1.82, 2.24) is 4.98 Å². The minimum Gasteiger partial charge on any atom is -0.369 e. The summed E-state index contributed by atoms with van der Waals surface area (Å²) in [5.74, 6) is 3.19. The van der Waals surface area contributed by atoms with Crippen molar-refractivity contribution in [2.75, 3.05) is 17.7 Å². The first kappa shape index (κ1) is 13.2. The highest BCUT2D eigenvalue weighted by molar-refractivity contribution is 7.17. The van der Waals surface area contributed by atoms with Crippen LogP contribution in [0.25, 0.3) is 10.1 Å². The first-order valence-corrected chi connectivity index (χ1v) is 8.42. The maximum Gasteiger partial charge on any atom is 0.134 e. The third-order valence-corrected chi connectivity index (χ3v) is 5.45. The second-order valence-electron chi connectivity index (χ2n) is 5.33. The van der Waals surface area contributed by atoms with Crippen molar-refractivity contribution in [3.63, 3.8) is 0 Å². The van der Waals surface area contributed by atoms with E-state index in [9.17, 15) is 0 Å². The van der Waals surface area contributed by atoms with Crippen molar-refractivity contribution in [1.29, 1.82) is 0 Å². The number of pyridine rings is 1. The highest BCUT2D eigenvalue weighted by Gasteiger charge is 2.24. The number of fused-ring (bicyclic) bond motifs is 1. The summed E-state index contributed by atoms with van der Waals surface area (Å²) in [6, 6.07) is 4.22. The Morgan fingerprint density at radius 3 is 2.95 bits per heavy atom. The molecule has 3 rings (SSSR count). The zero-order valence-corrected chi connectivity index (χ0v) is 12.5. The zero-order chi connectivity index (χ0) is 13.1. The van der Waals surface area contributed by atoms with E-state index >= 15 is 0 Å². The predicted molar refractivity (Wildman–Crippen MR) is 84.3 cm³/mol. The van der Waals surface area contributed by atoms with Gasteiger partial charge in [0.15, 0.2) is 0 Å². The SMILES string of the molecule is ClCC1CCCCC1CNc1nccc2sccc12. The summed E-state index contributed by atoms with van der Waals surface area (Å²) in [6.45, 7) is 0.999. The number of halogens is 1. The first-order valence-electron chi connectivity index (χ1n) is 7.00. The fraction of sp³-hybridized carbons (Fsp3) is 0.533. The summed E-state index contributed by atoms with van der Waals surface area (Å²) in [5.41, 5.74) is 0. The number of aromatic nitrogens is 1. The molecule has 2 atom stereocenters. The Hall–Kier alpha value is -0.800. The van der Waals surface area contributed by atoms with E-state index < -0.39 is 0 Å². The molecule has 0 radical (unpaired) electrons. The Morgan fingerprint density at radius 1 is 1.26 bits per heavy atom. The molecule has 19 heavy (non-hydrogen) atoms. The molecule has 2 nitrogen and oxygen atoms in total. The van der Waals surface area contributed by atoms with Crippen molar-refractivity contribution in [3.05, 3.63) is 23.7 Å². The molecule has 1 fully saturated rings. The summed E-state index contributed by atoms with van der Waals surface area (Å²) < 4.78 is 1.30. The van der Waals surface area contributed by atoms with Crippen LogP contribution >= 0.6 is 22.9 Å². The van der Waals surface area contributed by atoms with Gasteiger partial charge < -0.3 is 5.32 Å². The first-order chi connectivity index (χ1) is 9.38. The van der Waals surface area contributed by atoms with Crippen LogP contribution in [0.1, 0.15) is 25.7 Å². The highest BCUT2D eigenvalue weighted by atomic mass is 35.5. The zero-order valence-electron chi connectivity index (χ0n) is 10.9. The topological polar surface area (TPSA) is 24.9 Å². The number of thiophene rings is 1. The van der Waals surface area contributed by atoms with E-state index in [-0.39, 0.29) is 0 Å². The molecule has 0 bridgehead atoms. The maximum absolute atomic E-state index is 6.09. The molecule has 0 aliphatic heterocycles. The van der Waals surface area contributed by atoms with Crippen molar-refractivity contribution in [3.8, 4) is 0 Å². The predicted octanol–water partition coefficient (Wildman–Crippen LogP) is 4.75. The number of rotatable bonds is 4. The van der Waals surface area contributed by atoms with Crippen LogP contribution in [0.4, 0.5) is 5.82 Å². The minimum atomic E-state index is 0.671. The van der Waals surface area contributed by atoms with E-state index in [0.29, 0.717) is 11.8 Å². The van der Waals surface area contributed by atoms with Gasteiger partial charge in [0.05, 0.1) is 0 Å². The fourth-order valence-electron chi connectivity index (χ4n) is 3.02. The van der Waals surface area contributed by atoms with Crippen LogP contribution in [0.2, 0.25) is 0 Å². The molecule has 2 aromatic heterocycles. The molecular formula is C15H19ClN2S. The molecule has 1 aliphatic carbocycles. The lowest BCUT2D eigenvalue weighted by Crippen LogP contribution is -2.27. The van der Waals surface area contributed by atoms with Crippen LogP contribution in [-0.2, 0) is 0 Å². The molecule has 2 aromatic rings. The summed E-state index contributed by atoms with van der Waals surface area (Å²) >= 11 is 7.86. The molecular weight excluding hydrogens is 276 g/mol. The van der Waals surface area contributed by atoms with Crippen LogP contribution < -0.4 is 5.32 Å². The van der Waals surface area contributed by atoms with Crippen molar-refractivity contribution in [2.45, 2.75) is 25.7 Å². The van der Waals surface area contributed by atoms with Crippen LogP contribution in [0.15, 0.2) is 23.7 Å². The normalized spacial score (nSPS) is 23.6. The second kappa shape index (κ2) is 6.10. The number of nitrogens with one attached hydrogen (secondary N) is 1. The summed E-state index contributed by atoms with van der Waals surface area (Å²) in [5, 5.41) is 6.91. The molecule has 0 saturated heterocycles. The molecule has 0 spiro atoms. The maximum atomic E-state index is 6.09. The van der Waals surface area contributed by atoms with Gasteiger partial charge in [0.2, 0.25) is 0 Å². The Bertz CT molecular complexity index is 540. The Kier molecular flexibility index (Phi) is 4.24. The van der Waals surface area contributed by atoms with Crippen LogP contribution in [0, 0.1) is 11.8 Å². The Morgan fingerprint density at radius 2 is 2.11 bits per heavy atom. The lowest BCUT2D eigenvalue weighted by atomic mass is 9.80. The van der Waals surface area contributed by atoms with Crippen LogP contribution in [-0.4, -0.2) is 17.4 Å². The van der Waals surface area contributed by atoms with E-state index in [1.165, 1.54) is 35.8 Å². The van der Waals surface area contributed by atoms with Gasteiger partial charge in [-0.2, -0.15) is 0 Å². The Labute approximate surface area is 123 Å². The molecule has 102 valence electrons. The van der Waals surface area contributed by atoms with Gasteiger partial charge in [-0.25, -0.2) is 4.98 Å². The van der Waals surface area contributed by atoms with Gasteiger partial charge in [-0.15, -0.1) is 22.9 Å². The summed E-state index contributed by atoms with van der Waals surface area (Å²) in [7, 11) is 0. The molecule has 1 saturated carbocycles. The third-order valence-electron chi connectivity index (χ3n) is 4.18. The van der Waals surface area contributed by atoms with Gasteiger partial charge in [-0.1, -0.05) is 12.8 Å². The molecule has 1 N–H and O–H groups in total. The molecule has 0 amide bonds. The lowest BCUT2D eigenvalue weighted by Gasteiger charge is -2.30. The van der Waals surface area contributed by atoms with E-state index in [1.807, 2.05) is 6.20 Å². The largest absolute Gasteiger partial charge is 0.369 e. The summed E-state index contributed by atoms with van der Waals surface area (Å²) in [4.78, 5) is 4.48. The van der Waals surface area contributed by atoms with E-state index in [4.69, 9.17) is 11.6 Å². The number of hydrogen-bond acceptors (Lipinski definition) is 3. The standard InChI is InChI=1S/C15H19ClN2S/c16-9-11-3-1-2-4-12(11)10-18-15-13-6-8-19-14(13)5-7-17-15/h5-8,11-12H,1-4,9-10H2,(H,17,18). The number of hydrogen-bond donors (Lipinski definition) is 1. The monoisotopic (exact) mass is 294 g/mol. The van der Waals surface area contributed by atoms with Gasteiger partial charge in [0.25, 0.3) is 0 Å². The quantitative estimate of drug-likeness (QED) is 0.823. The van der Waals surface area contributed by atoms with Crippen molar-refractivity contribution < 1.29 is 0 Å². The highest BCUT2D eigenvalue weighted by Crippen LogP contribution is 2.32. The number of anilines is 1. The van der Waals surface area contributed by atoms with Gasteiger partial charge in [0.1, 0.15) is 5.82 Å². The third kappa shape index (κ3) is 2.87. The van der Waals surface area contributed by atoms with Crippen LogP contribution in [0.5, 0.6) is 0 Å². The number of nitrogens with zero attached hydrogens (tertiary/aromatic N) is 1.